The molecule has 0 fully saturated rings. The maximum absolute atomic E-state index is 5.83. The summed E-state index contributed by atoms with van der Waals surface area (Å²) >= 11 is 0. The van der Waals surface area contributed by atoms with Crippen molar-refractivity contribution in [3.05, 3.63) is 47.9 Å². The van der Waals surface area contributed by atoms with Crippen LogP contribution in [0.15, 0.2) is 40.0 Å². The molecule has 0 saturated carbocycles. The first-order chi connectivity index (χ1) is 10.4. The molecule has 0 aromatic carbocycles. The van der Waals surface area contributed by atoms with Crippen LogP contribution in [-0.2, 0) is 18.4 Å². The second kappa shape index (κ2) is 8.85. The largest absolute Gasteiger partial charge is 0.443 e. The van der Waals surface area contributed by atoms with E-state index in [2.05, 4.69) is 41.0 Å². The molecule has 0 saturated heterocycles. The second-order valence-corrected chi connectivity index (χ2v) is 6.07. The third-order valence-electron chi connectivity index (χ3n) is 3.09. The lowest BCUT2D eigenvalue weighted by atomic mass is 9.94. The number of hydrogen-bond donors (Lipinski definition) is 2. The summed E-state index contributed by atoms with van der Waals surface area (Å²) in [6.45, 7) is 7.25. The minimum absolute atomic E-state index is 0. The van der Waals surface area contributed by atoms with E-state index in [4.69, 9.17) is 10.2 Å². The van der Waals surface area contributed by atoms with Crippen molar-refractivity contribution in [3.63, 3.8) is 0 Å². The van der Waals surface area contributed by atoms with Gasteiger partial charge in [-0.15, -0.1) is 24.0 Å². The number of guanidine groups is 1. The smallest absolute Gasteiger partial charge is 0.216 e. The zero-order chi connectivity index (χ0) is 16.0. The summed E-state index contributed by atoms with van der Waals surface area (Å²) in [5.74, 6) is 1.80. The Balaban J connectivity index is 0.00000264. The molecule has 0 aliphatic rings. The molecule has 126 valence electrons. The van der Waals surface area contributed by atoms with Crippen LogP contribution in [0.1, 0.15) is 38.1 Å². The molecule has 3 N–H and O–H groups in total. The van der Waals surface area contributed by atoms with E-state index >= 15 is 0 Å². The average Bonchev–Trinajstić information content (AvgIpc) is 2.95. The van der Waals surface area contributed by atoms with Gasteiger partial charge in [0.05, 0.1) is 6.20 Å². The van der Waals surface area contributed by atoms with Gasteiger partial charge in [-0.3, -0.25) is 4.98 Å². The minimum Gasteiger partial charge on any atom is -0.443 e. The topological polar surface area (TPSA) is 89.3 Å². The SMILES string of the molecule is CC(C)(C)c1cnc(CN=C(N)NCCc2ccccn2)o1.I. The van der Waals surface area contributed by atoms with Crippen molar-refractivity contribution < 1.29 is 4.42 Å². The molecule has 0 amide bonds. The number of nitrogens with two attached hydrogens (primary N) is 1. The van der Waals surface area contributed by atoms with Crippen molar-refractivity contribution in [2.45, 2.75) is 39.2 Å². The maximum Gasteiger partial charge on any atom is 0.216 e. The minimum atomic E-state index is -0.0541. The van der Waals surface area contributed by atoms with Gasteiger partial charge in [0, 0.05) is 30.3 Å². The van der Waals surface area contributed by atoms with E-state index in [1.807, 2.05) is 18.2 Å². The van der Waals surface area contributed by atoms with Crippen LogP contribution in [0, 0.1) is 0 Å². The van der Waals surface area contributed by atoms with Gasteiger partial charge in [-0.1, -0.05) is 26.8 Å². The monoisotopic (exact) mass is 429 g/mol. The Kier molecular flexibility index (Phi) is 7.47. The fraction of sp³-hybridized carbons (Fsp3) is 0.438. The van der Waals surface area contributed by atoms with Crippen molar-refractivity contribution in [2.75, 3.05) is 6.54 Å². The van der Waals surface area contributed by atoms with E-state index in [9.17, 15) is 0 Å². The molecule has 7 heteroatoms. The summed E-state index contributed by atoms with van der Waals surface area (Å²) in [5.41, 5.74) is 6.79. The molecule has 0 aliphatic carbocycles. The number of aromatic nitrogens is 2. The molecule has 2 heterocycles. The highest BCUT2D eigenvalue weighted by Gasteiger charge is 2.18. The van der Waals surface area contributed by atoms with Crippen LogP contribution in [0.3, 0.4) is 0 Å². The predicted molar refractivity (Wildman–Crippen MR) is 102 cm³/mol. The molecule has 2 aromatic rings. The number of nitrogens with zero attached hydrogens (tertiary/aromatic N) is 3. The van der Waals surface area contributed by atoms with E-state index < -0.39 is 0 Å². The predicted octanol–water partition coefficient (Wildman–Crippen LogP) is 2.63. The van der Waals surface area contributed by atoms with Gasteiger partial charge >= 0.3 is 0 Å². The highest BCUT2D eigenvalue weighted by Crippen LogP contribution is 2.22. The summed E-state index contributed by atoms with van der Waals surface area (Å²) < 4.78 is 5.66. The normalized spacial score (nSPS) is 11.9. The Hall–Kier alpha value is -1.64. The highest BCUT2D eigenvalue weighted by molar-refractivity contribution is 14.0. The number of pyridine rings is 1. The standard InChI is InChI=1S/C16H23N5O.HI/c1-16(2,3)13-10-20-14(22-13)11-21-15(17)19-9-7-12-6-4-5-8-18-12;/h4-6,8,10H,7,9,11H2,1-3H3,(H3,17,19,21);1H. The van der Waals surface area contributed by atoms with Crippen molar-refractivity contribution >= 4 is 29.9 Å². The number of halogens is 1. The highest BCUT2D eigenvalue weighted by atomic mass is 127. The molecule has 0 aliphatic heterocycles. The van der Waals surface area contributed by atoms with Gasteiger partial charge in [0.15, 0.2) is 5.96 Å². The van der Waals surface area contributed by atoms with E-state index in [0.717, 1.165) is 17.9 Å². The Labute approximate surface area is 154 Å². The summed E-state index contributed by atoms with van der Waals surface area (Å²) in [6.07, 6.45) is 4.32. The van der Waals surface area contributed by atoms with Gasteiger partial charge in [-0.2, -0.15) is 0 Å². The zero-order valence-electron chi connectivity index (χ0n) is 13.7. The fourth-order valence-electron chi connectivity index (χ4n) is 1.80. The Morgan fingerprint density at radius 1 is 1.30 bits per heavy atom. The van der Waals surface area contributed by atoms with Crippen LogP contribution >= 0.6 is 24.0 Å². The zero-order valence-corrected chi connectivity index (χ0v) is 16.1. The van der Waals surface area contributed by atoms with Crippen LogP contribution in [0.5, 0.6) is 0 Å². The van der Waals surface area contributed by atoms with E-state index in [1.54, 1.807) is 12.4 Å². The lowest BCUT2D eigenvalue weighted by Crippen LogP contribution is -2.33. The Morgan fingerprint density at radius 2 is 2.09 bits per heavy atom. The first-order valence-electron chi connectivity index (χ1n) is 7.34. The first kappa shape index (κ1) is 19.4. The van der Waals surface area contributed by atoms with Crippen LogP contribution in [-0.4, -0.2) is 22.5 Å². The van der Waals surface area contributed by atoms with Gasteiger partial charge in [0.2, 0.25) is 5.89 Å². The molecule has 23 heavy (non-hydrogen) atoms. The van der Waals surface area contributed by atoms with Crippen molar-refractivity contribution in [3.8, 4) is 0 Å². The molecule has 2 aromatic heterocycles. The molecule has 6 nitrogen and oxygen atoms in total. The number of rotatable bonds is 5. The number of nitrogens with one attached hydrogen (secondary N) is 1. The van der Waals surface area contributed by atoms with Crippen molar-refractivity contribution in [1.82, 2.24) is 15.3 Å². The number of oxazole rings is 1. The van der Waals surface area contributed by atoms with E-state index in [-0.39, 0.29) is 29.4 Å². The summed E-state index contributed by atoms with van der Waals surface area (Å²) in [6, 6.07) is 5.85. The fourth-order valence-corrected chi connectivity index (χ4v) is 1.80. The van der Waals surface area contributed by atoms with Gasteiger partial charge in [-0.05, 0) is 12.1 Å². The van der Waals surface area contributed by atoms with E-state index in [0.29, 0.717) is 24.9 Å². The van der Waals surface area contributed by atoms with Crippen LogP contribution in [0.2, 0.25) is 0 Å². The number of hydrogen-bond acceptors (Lipinski definition) is 4. The van der Waals surface area contributed by atoms with Crippen LogP contribution in [0.4, 0.5) is 0 Å². The summed E-state index contributed by atoms with van der Waals surface area (Å²) in [4.78, 5) is 12.7. The Morgan fingerprint density at radius 3 is 2.70 bits per heavy atom. The molecule has 0 radical (unpaired) electrons. The van der Waals surface area contributed by atoms with Crippen molar-refractivity contribution in [2.24, 2.45) is 10.7 Å². The average molecular weight is 429 g/mol. The molecule has 0 atom stereocenters. The summed E-state index contributed by atoms with van der Waals surface area (Å²) in [7, 11) is 0. The lowest BCUT2D eigenvalue weighted by Gasteiger charge is -2.12. The number of aliphatic imine (C=N–C) groups is 1. The molecule has 0 spiro atoms. The van der Waals surface area contributed by atoms with Gasteiger partial charge in [0.1, 0.15) is 12.3 Å². The van der Waals surface area contributed by atoms with Gasteiger partial charge in [0.25, 0.3) is 0 Å². The third-order valence-corrected chi connectivity index (χ3v) is 3.09. The maximum atomic E-state index is 5.83. The molecule has 0 unspecified atom stereocenters. The van der Waals surface area contributed by atoms with Crippen LogP contribution < -0.4 is 11.1 Å². The molecule has 2 rings (SSSR count). The lowest BCUT2D eigenvalue weighted by molar-refractivity contribution is 0.383. The van der Waals surface area contributed by atoms with E-state index in [1.165, 1.54) is 0 Å². The van der Waals surface area contributed by atoms with Gasteiger partial charge < -0.3 is 15.5 Å². The van der Waals surface area contributed by atoms with Crippen molar-refractivity contribution in [1.29, 1.82) is 0 Å². The van der Waals surface area contributed by atoms with Crippen LogP contribution in [0.25, 0.3) is 0 Å². The quantitative estimate of drug-likeness (QED) is 0.434. The molecule has 0 bridgehead atoms. The molecular formula is C16H24IN5O. The molecular weight excluding hydrogens is 405 g/mol. The Bertz CT molecular complexity index is 619. The summed E-state index contributed by atoms with van der Waals surface area (Å²) in [5, 5.41) is 3.06. The third kappa shape index (κ3) is 6.55. The first-order valence-corrected chi connectivity index (χ1v) is 7.34. The second-order valence-electron chi connectivity index (χ2n) is 6.07. The van der Waals surface area contributed by atoms with Gasteiger partial charge in [-0.25, -0.2) is 9.98 Å².